The molecule has 3 aliphatic carbocycles. The highest BCUT2D eigenvalue weighted by molar-refractivity contribution is 5.93. The molecule has 5 heteroatoms. The fourth-order valence-corrected chi connectivity index (χ4v) is 8.43. The predicted octanol–water partition coefficient (Wildman–Crippen LogP) is 8.24. The van der Waals surface area contributed by atoms with Crippen molar-refractivity contribution in [3.8, 4) is 11.5 Å². The van der Waals surface area contributed by atoms with Crippen LogP contribution in [-0.2, 0) is 11.2 Å². The van der Waals surface area contributed by atoms with Gasteiger partial charge in [-0.3, -0.25) is 4.90 Å². The molecule has 0 amide bonds. The Bertz CT molecular complexity index is 1370. The lowest BCUT2D eigenvalue weighted by atomic mass is 9.44. The van der Waals surface area contributed by atoms with Gasteiger partial charge in [0, 0.05) is 36.9 Å². The molecule has 4 fully saturated rings. The van der Waals surface area contributed by atoms with E-state index in [0.717, 1.165) is 55.8 Å². The molecule has 3 aromatic rings. The summed E-state index contributed by atoms with van der Waals surface area (Å²) < 4.78 is 11.2. The number of carbonyl (C=O) groups excluding carboxylic acids is 1. The van der Waals surface area contributed by atoms with Crippen LogP contribution in [0.4, 0.5) is 5.69 Å². The molecule has 1 saturated heterocycles. The van der Waals surface area contributed by atoms with Gasteiger partial charge in [0.1, 0.15) is 17.1 Å². The van der Waals surface area contributed by atoms with Crippen LogP contribution in [0.3, 0.4) is 0 Å². The standard InChI is InChI=1S/C38H48N2O3/c1-27-34-24-29(38(34,2)3)25-35(27)40(21-11-14-28-12-7-5-8-13-28)30-19-22-39(23-20-30)31-17-18-33(37(41)42-4)36(26-31)43-32-15-9-6-10-16-32/h5-10,12-13,15-18,26-27,29-30,34-35H,11,14,19-25H2,1-4H3/t27-,29+,34-,35-/m0/s1. The number of rotatable bonds is 10. The van der Waals surface area contributed by atoms with Gasteiger partial charge < -0.3 is 14.4 Å². The lowest BCUT2D eigenvalue weighted by Gasteiger charge is -2.64. The number of carbonyl (C=O) groups is 1. The Kier molecular flexibility index (Phi) is 8.81. The number of methoxy groups -OCH3 is 1. The number of nitrogens with zero attached hydrogens (tertiary/aromatic N) is 2. The number of piperidine rings is 1. The first-order valence-corrected chi connectivity index (χ1v) is 16.3. The summed E-state index contributed by atoms with van der Waals surface area (Å²) in [6.45, 7) is 10.7. The third kappa shape index (κ3) is 6.20. The summed E-state index contributed by atoms with van der Waals surface area (Å²) in [4.78, 5) is 17.9. The topological polar surface area (TPSA) is 42.0 Å². The van der Waals surface area contributed by atoms with Gasteiger partial charge in [-0.1, -0.05) is 69.3 Å². The summed E-state index contributed by atoms with van der Waals surface area (Å²) in [5.74, 6) is 3.33. The molecule has 4 aliphatic rings. The van der Waals surface area contributed by atoms with Gasteiger partial charge in [-0.15, -0.1) is 0 Å². The monoisotopic (exact) mass is 580 g/mol. The number of benzene rings is 3. The summed E-state index contributed by atoms with van der Waals surface area (Å²) in [5, 5.41) is 0. The van der Waals surface area contributed by atoms with Gasteiger partial charge in [0.15, 0.2) is 0 Å². The van der Waals surface area contributed by atoms with E-state index in [1.54, 1.807) is 0 Å². The quantitative estimate of drug-likeness (QED) is 0.226. The second kappa shape index (κ2) is 12.7. The van der Waals surface area contributed by atoms with Crippen molar-refractivity contribution in [2.75, 3.05) is 31.6 Å². The zero-order chi connectivity index (χ0) is 30.0. The van der Waals surface area contributed by atoms with E-state index in [-0.39, 0.29) is 5.97 Å². The van der Waals surface area contributed by atoms with Crippen LogP contribution in [0.25, 0.3) is 0 Å². The minimum absolute atomic E-state index is 0.384. The van der Waals surface area contributed by atoms with E-state index in [9.17, 15) is 4.79 Å². The van der Waals surface area contributed by atoms with Crippen LogP contribution in [0.15, 0.2) is 78.9 Å². The fourth-order valence-electron chi connectivity index (χ4n) is 8.43. The largest absolute Gasteiger partial charge is 0.465 e. The Hall–Kier alpha value is -3.31. The molecule has 0 spiro atoms. The SMILES string of the molecule is COC(=O)c1ccc(N2CCC(N(CCCc3ccccc3)[C@H]3C[C@H]4C[C@@H]([C@@H]3C)C4(C)C)CC2)cc1Oc1ccccc1. The highest BCUT2D eigenvalue weighted by atomic mass is 16.5. The van der Waals surface area contributed by atoms with Crippen LogP contribution in [-0.4, -0.2) is 49.7 Å². The molecule has 3 aromatic carbocycles. The molecule has 228 valence electrons. The maximum atomic E-state index is 12.5. The minimum atomic E-state index is -0.384. The van der Waals surface area contributed by atoms with Crippen molar-refractivity contribution >= 4 is 11.7 Å². The van der Waals surface area contributed by atoms with Crippen molar-refractivity contribution in [2.45, 2.75) is 71.4 Å². The Labute approximate surface area is 258 Å². The number of para-hydroxylation sites is 1. The van der Waals surface area contributed by atoms with Crippen LogP contribution >= 0.6 is 0 Å². The number of anilines is 1. The Morgan fingerprint density at radius 3 is 2.30 bits per heavy atom. The van der Waals surface area contributed by atoms with E-state index in [1.807, 2.05) is 48.5 Å². The molecule has 1 heterocycles. The second-order valence-corrected chi connectivity index (χ2v) is 13.7. The van der Waals surface area contributed by atoms with Gasteiger partial charge in [0.2, 0.25) is 0 Å². The molecule has 0 radical (unpaired) electrons. The molecule has 7 rings (SSSR count). The van der Waals surface area contributed by atoms with E-state index in [2.05, 4.69) is 60.9 Å². The fraction of sp³-hybridized carbons (Fsp3) is 0.500. The van der Waals surface area contributed by atoms with Crippen LogP contribution in [0.5, 0.6) is 11.5 Å². The Balaban J connectivity index is 1.16. The van der Waals surface area contributed by atoms with Crippen molar-refractivity contribution in [2.24, 2.45) is 23.2 Å². The maximum Gasteiger partial charge on any atom is 0.341 e. The lowest BCUT2D eigenvalue weighted by molar-refractivity contribution is -0.145. The van der Waals surface area contributed by atoms with Gasteiger partial charge in [-0.2, -0.15) is 0 Å². The first-order valence-electron chi connectivity index (χ1n) is 16.3. The zero-order valence-electron chi connectivity index (χ0n) is 26.4. The molecule has 3 saturated carbocycles. The summed E-state index contributed by atoms with van der Waals surface area (Å²) >= 11 is 0. The first-order chi connectivity index (χ1) is 20.8. The van der Waals surface area contributed by atoms with Crippen LogP contribution < -0.4 is 9.64 Å². The number of hydrogen-bond acceptors (Lipinski definition) is 5. The summed E-state index contributed by atoms with van der Waals surface area (Å²) in [6.07, 6.45) is 7.44. The van der Waals surface area contributed by atoms with Crippen molar-refractivity contribution in [3.05, 3.63) is 90.0 Å². The molecule has 43 heavy (non-hydrogen) atoms. The molecular formula is C38H48N2O3. The summed E-state index contributed by atoms with van der Waals surface area (Å²) in [7, 11) is 1.41. The highest BCUT2D eigenvalue weighted by Gasteiger charge is 2.57. The van der Waals surface area contributed by atoms with Crippen LogP contribution in [0.2, 0.25) is 0 Å². The van der Waals surface area contributed by atoms with Gasteiger partial charge >= 0.3 is 5.97 Å². The van der Waals surface area contributed by atoms with Gasteiger partial charge in [0.25, 0.3) is 0 Å². The van der Waals surface area contributed by atoms with Gasteiger partial charge in [-0.25, -0.2) is 4.79 Å². The molecule has 0 N–H and O–H groups in total. The minimum Gasteiger partial charge on any atom is -0.465 e. The molecular weight excluding hydrogens is 532 g/mol. The van der Waals surface area contributed by atoms with Gasteiger partial charge in [0.05, 0.1) is 7.11 Å². The van der Waals surface area contributed by atoms with Crippen LogP contribution in [0.1, 0.15) is 68.8 Å². The highest BCUT2D eigenvalue weighted by Crippen LogP contribution is 2.62. The lowest BCUT2D eigenvalue weighted by Crippen LogP contribution is -2.63. The van der Waals surface area contributed by atoms with Crippen LogP contribution in [0, 0.1) is 23.2 Å². The number of hydrogen-bond donors (Lipinski definition) is 0. The molecule has 0 aromatic heterocycles. The summed E-state index contributed by atoms with van der Waals surface area (Å²) in [5.41, 5.74) is 3.50. The van der Waals surface area contributed by atoms with Crippen molar-refractivity contribution in [1.29, 1.82) is 0 Å². The number of ether oxygens (including phenoxy) is 2. The molecule has 2 bridgehead atoms. The third-order valence-corrected chi connectivity index (χ3v) is 11.1. The average molecular weight is 581 g/mol. The number of aryl methyl sites for hydroxylation is 1. The van der Waals surface area contributed by atoms with E-state index in [0.29, 0.717) is 34.6 Å². The Morgan fingerprint density at radius 1 is 0.953 bits per heavy atom. The van der Waals surface area contributed by atoms with E-state index < -0.39 is 0 Å². The first kappa shape index (κ1) is 29.7. The number of esters is 1. The Morgan fingerprint density at radius 2 is 1.65 bits per heavy atom. The zero-order valence-corrected chi connectivity index (χ0v) is 26.4. The molecule has 5 nitrogen and oxygen atoms in total. The summed E-state index contributed by atoms with van der Waals surface area (Å²) in [6, 6.07) is 27.8. The van der Waals surface area contributed by atoms with Crippen molar-refractivity contribution < 1.29 is 14.3 Å². The van der Waals surface area contributed by atoms with Gasteiger partial charge in [-0.05, 0) is 98.1 Å². The van der Waals surface area contributed by atoms with E-state index in [4.69, 9.17) is 9.47 Å². The number of fused-ring (bicyclic) bond motifs is 2. The normalized spacial score (nSPS) is 24.8. The third-order valence-electron chi connectivity index (χ3n) is 11.1. The van der Waals surface area contributed by atoms with Crippen molar-refractivity contribution in [1.82, 2.24) is 4.90 Å². The maximum absolute atomic E-state index is 12.5. The average Bonchev–Trinajstić information content (AvgIpc) is 3.04. The molecule has 4 atom stereocenters. The molecule has 1 aliphatic heterocycles. The second-order valence-electron chi connectivity index (χ2n) is 13.7. The molecule has 0 unspecified atom stereocenters. The van der Waals surface area contributed by atoms with E-state index in [1.165, 1.54) is 38.5 Å². The predicted molar refractivity (Wildman–Crippen MR) is 174 cm³/mol. The van der Waals surface area contributed by atoms with E-state index >= 15 is 0 Å². The smallest absolute Gasteiger partial charge is 0.341 e. The van der Waals surface area contributed by atoms with Crippen molar-refractivity contribution in [3.63, 3.8) is 0 Å².